The van der Waals surface area contributed by atoms with E-state index in [4.69, 9.17) is 0 Å². The minimum Gasteiger partial charge on any atom is -0.393 e. The predicted molar refractivity (Wildman–Crippen MR) is 60.6 cm³/mol. The van der Waals surface area contributed by atoms with Crippen LogP contribution in [0.1, 0.15) is 31.7 Å². The van der Waals surface area contributed by atoms with Crippen molar-refractivity contribution in [2.24, 2.45) is 11.8 Å². The largest absolute Gasteiger partial charge is 0.393 e. The van der Waals surface area contributed by atoms with Crippen molar-refractivity contribution in [2.75, 3.05) is 0 Å². The first kappa shape index (κ1) is 9.41. The Bertz CT molecular complexity index is 359. The Kier molecular flexibility index (Phi) is 1.93. The van der Waals surface area contributed by atoms with E-state index in [0.717, 1.165) is 12.3 Å². The van der Waals surface area contributed by atoms with Crippen LogP contribution in [0.4, 0.5) is 0 Å². The lowest BCUT2D eigenvalue weighted by Crippen LogP contribution is -2.36. The van der Waals surface area contributed by atoms with Crippen molar-refractivity contribution < 1.29 is 5.11 Å². The molecule has 0 heterocycles. The molecule has 0 radical (unpaired) electrons. The van der Waals surface area contributed by atoms with Gasteiger partial charge in [0.15, 0.2) is 0 Å². The first-order valence-electron chi connectivity index (χ1n) is 5.94. The first-order chi connectivity index (χ1) is 7.20. The third-order valence-corrected chi connectivity index (χ3v) is 4.59. The summed E-state index contributed by atoms with van der Waals surface area (Å²) in [5.74, 6) is 1.25. The van der Waals surface area contributed by atoms with Gasteiger partial charge in [-0.1, -0.05) is 37.3 Å². The number of hydrogen-bond acceptors (Lipinski definition) is 1. The Balaban J connectivity index is 1.99. The summed E-state index contributed by atoms with van der Waals surface area (Å²) in [6.45, 7) is 2.33. The number of benzene rings is 1. The van der Waals surface area contributed by atoms with Crippen molar-refractivity contribution in [1.29, 1.82) is 0 Å². The molecule has 1 aromatic rings. The molecule has 2 saturated carbocycles. The number of aliphatic hydroxyl groups excluding tert-OH is 1. The third-order valence-electron chi connectivity index (χ3n) is 4.59. The molecule has 1 nitrogen and oxygen atoms in total. The normalized spacial score (nSPS) is 43.5. The van der Waals surface area contributed by atoms with Crippen LogP contribution in [-0.2, 0) is 5.41 Å². The van der Waals surface area contributed by atoms with Crippen LogP contribution in [0.25, 0.3) is 0 Å². The van der Waals surface area contributed by atoms with Gasteiger partial charge in [-0.25, -0.2) is 0 Å². The minimum absolute atomic E-state index is 0.0612. The van der Waals surface area contributed by atoms with E-state index in [1.165, 1.54) is 18.4 Å². The number of aliphatic hydroxyl groups is 1. The number of rotatable bonds is 1. The van der Waals surface area contributed by atoms with E-state index in [1.54, 1.807) is 0 Å². The molecule has 0 amide bonds. The van der Waals surface area contributed by atoms with Gasteiger partial charge in [0.2, 0.25) is 0 Å². The molecule has 0 saturated heterocycles. The third kappa shape index (κ3) is 1.26. The summed E-state index contributed by atoms with van der Waals surface area (Å²) in [6.07, 6.45) is 3.47. The molecule has 2 bridgehead atoms. The zero-order valence-corrected chi connectivity index (χ0v) is 9.19. The molecular formula is C14H18O. The summed E-state index contributed by atoms with van der Waals surface area (Å²) < 4.78 is 0. The molecule has 2 fully saturated rings. The SMILES string of the molecule is CC1(c2ccccc2)CC2CC(O)C1C2. The standard InChI is InChI=1S/C14H18O/c1-14(11-5-3-2-4-6-11)9-10-7-12(14)13(15)8-10/h2-6,10,12-13,15H,7-9H2,1H3. The second-order valence-corrected chi connectivity index (χ2v) is 5.50. The van der Waals surface area contributed by atoms with E-state index in [2.05, 4.69) is 37.3 Å². The molecule has 1 N–H and O–H groups in total. The molecule has 1 aromatic carbocycles. The van der Waals surface area contributed by atoms with E-state index in [-0.39, 0.29) is 11.5 Å². The summed E-state index contributed by atoms with van der Waals surface area (Å²) in [4.78, 5) is 0. The highest BCUT2D eigenvalue weighted by molar-refractivity contribution is 5.29. The van der Waals surface area contributed by atoms with Gasteiger partial charge in [-0.2, -0.15) is 0 Å². The molecule has 2 aliphatic rings. The van der Waals surface area contributed by atoms with Crippen LogP contribution in [0.15, 0.2) is 30.3 Å². The smallest absolute Gasteiger partial charge is 0.0579 e. The Labute approximate surface area is 91.1 Å². The molecule has 4 unspecified atom stereocenters. The van der Waals surface area contributed by atoms with E-state index >= 15 is 0 Å². The van der Waals surface area contributed by atoms with Crippen LogP contribution >= 0.6 is 0 Å². The van der Waals surface area contributed by atoms with Crippen molar-refractivity contribution in [3.05, 3.63) is 35.9 Å². The molecule has 0 aromatic heterocycles. The molecular weight excluding hydrogens is 184 g/mol. The summed E-state index contributed by atoms with van der Waals surface area (Å²) in [5.41, 5.74) is 1.64. The molecule has 80 valence electrons. The quantitative estimate of drug-likeness (QED) is 0.742. The van der Waals surface area contributed by atoms with Crippen molar-refractivity contribution >= 4 is 0 Å². The van der Waals surface area contributed by atoms with Gasteiger partial charge in [0.25, 0.3) is 0 Å². The van der Waals surface area contributed by atoms with E-state index in [9.17, 15) is 5.11 Å². The predicted octanol–water partition coefficient (Wildman–Crippen LogP) is 2.74. The average Bonchev–Trinajstić information content (AvgIpc) is 2.75. The van der Waals surface area contributed by atoms with Crippen LogP contribution in [0.3, 0.4) is 0 Å². The van der Waals surface area contributed by atoms with Crippen molar-refractivity contribution in [3.8, 4) is 0 Å². The van der Waals surface area contributed by atoms with Crippen molar-refractivity contribution in [2.45, 2.75) is 37.7 Å². The fraction of sp³-hybridized carbons (Fsp3) is 0.571. The van der Waals surface area contributed by atoms with E-state index < -0.39 is 0 Å². The lowest BCUT2D eigenvalue weighted by atomic mass is 9.69. The number of hydrogen-bond donors (Lipinski definition) is 1. The Morgan fingerprint density at radius 1 is 1.20 bits per heavy atom. The van der Waals surface area contributed by atoms with Crippen LogP contribution in [0, 0.1) is 11.8 Å². The van der Waals surface area contributed by atoms with Gasteiger partial charge in [0, 0.05) is 0 Å². The van der Waals surface area contributed by atoms with Gasteiger partial charge in [-0.3, -0.25) is 0 Å². The number of fused-ring (bicyclic) bond motifs is 2. The van der Waals surface area contributed by atoms with Gasteiger partial charge >= 0.3 is 0 Å². The highest BCUT2D eigenvalue weighted by atomic mass is 16.3. The lowest BCUT2D eigenvalue weighted by molar-refractivity contribution is 0.0698. The van der Waals surface area contributed by atoms with Gasteiger partial charge in [-0.15, -0.1) is 0 Å². The summed E-state index contributed by atoms with van der Waals surface area (Å²) in [5, 5.41) is 10.0. The maximum Gasteiger partial charge on any atom is 0.0579 e. The van der Waals surface area contributed by atoms with E-state index in [0.29, 0.717) is 5.92 Å². The highest BCUT2D eigenvalue weighted by Gasteiger charge is 2.53. The van der Waals surface area contributed by atoms with Crippen LogP contribution in [-0.4, -0.2) is 11.2 Å². The van der Waals surface area contributed by atoms with Crippen molar-refractivity contribution in [3.63, 3.8) is 0 Å². The average molecular weight is 202 g/mol. The zero-order valence-electron chi connectivity index (χ0n) is 9.19. The maximum atomic E-state index is 10.0. The topological polar surface area (TPSA) is 20.2 Å². The molecule has 0 aliphatic heterocycles. The summed E-state index contributed by atoms with van der Waals surface area (Å²) in [7, 11) is 0. The molecule has 15 heavy (non-hydrogen) atoms. The molecule has 2 aliphatic carbocycles. The van der Waals surface area contributed by atoms with Crippen LogP contribution in [0.5, 0.6) is 0 Å². The fourth-order valence-corrected chi connectivity index (χ4v) is 3.87. The highest BCUT2D eigenvalue weighted by Crippen LogP contribution is 2.56. The van der Waals surface area contributed by atoms with Gasteiger partial charge < -0.3 is 5.11 Å². The Hall–Kier alpha value is -0.820. The lowest BCUT2D eigenvalue weighted by Gasteiger charge is -2.37. The molecule has 3 rings (SSSR count). The second-order valence-electron chi connectivity index (χ2n) is 5.50. The first-order valence-corrected chi connectivity index (χ1v) is 5.94. The van der Waals surface area contributed by atoms with Crippen LogP contribution in [0.2, 0.25) is 0 Å². The van der Waals surface area contributed by atoms with Crippen molar-refractivity contribution in [1.82, 2.24) is 0 Å². The minimum atomic E-state index is -0.0612. The van der Waals surface area contributed by atoms with Gasteiger partial charge in [-0.05, 0) is 42.1 Å². The summed E-state index contributed by atoms with van der Waals surface area (Å²) in [6, 6.07) is 10.7. The zero-order chi connectivity index (χ0) is 10.5. The fourth-order valence-electron chi connectivity index (χ4n) is 3.87. The van der Waals surface area contributed by atoms with Gasteiger partial charge in [0.1, 0.15) is 0 Å². The second kappa shape index (κ2) is 3.08. The van der Waals surface area contributed by atoms with E-state index in [1.807, 2.05) is 0 Å². The monoisotopic (exact) mass is 202 g/mol. The van der Waals surface area contributed by atoms with Gasteiger partial charge in [0.05, 0.1) is 6.10 Å². The van der Waals surface area contributed by atoms with Crippen LogP contribution < -0.4 is 0 Å². The maximum absolute atomic E-state index is 10.0. The molecule has 0 spiro atoms. The molecule has 1 heteroatoms. The molecule has 4 atom stereocenters. The Morgan fingerprint density at radius 2 is 1.93 bits per heavy atom. The summed E-state index contributed by atoms with van der Waals surface area (Å²) >= 11 is 0. The Morgan fingerprint density at radius 3 is 2.53 bits per heavy atom.